The van der Waals surface area contributed by atoms with E-state index in [0.29, 0.717) is 17.8 Å². The van der Waals surface area contributed by atoms with Crippen LogP contribution in [0.2, 0.25) is 0 Å². The molecule has 20 heavy (non-hydrogen) atoms. The second-order valence-corrected chi connectivity index (χ2v) is 5.23. The summed E-state index contributed by atoms with van der Waals surface area (Å²) < 4.78 is 0. The highest BCUT2D eigenvalue weighted by Crippen LogP contribution is 2.16. The van der Waals surface area contributed by atoms with Crippen LogP contribution in [0.1, 0.15) is 15.9 Å². The Morgan fingerprint density at radius 2 is 2.20 bits per heavy atom. The van der Waals surface area contributed by atoms with E-state index < -0.39 is 5.97 Å². The molecule has 0 fully saturated rings. The molecule has 0 aromatic heterocycles. The standard InChI is InChI=1S/C14H18N2O3S/c1-3-7-20-8-6-15-14(19)16-12-5-4-11(13(17)18)9-10(12)2/h3-5,9H,1,6-8H2,2H3,(H,17,18)(H2,15,16,19). The Balaban J connectivity index is 2.45. The van der Waals surface area contributed by atoms with Gasteiger partial charge in [0, 0.05) is 23.7 Å². The molecule has 0 bridgehead atoms. The molecule has 0 spiro atoms. The van der Waals surface area contributed by atoms with Crippen LogP contribution in [-0.4, -0.2) is 35.2 Å². The minimum Gasteiger partial charge on any atom is -0.478 e. The fourth-order valence-corrected chi connectivity index (χ4v) is 2.09. The van der Waals surface area contributed by atoms with Crippen LogP contribution in [0.25, 0.3) is 0 Å². The summed E-state index contributed by atoms with van der Waals surface area (Å²) in [6.07, 6.45) is 1.82. The van der Waals surface area contributed by atoms with Gasteiger partial charge in [0.15, 0.2) is 0 Å². The second-order valence-electron chi connectivity index (χ2n) is 4.08. The van der Waals surface area contributed by atoms with Crippen molar-refractivity contribution in [1.82, 2.24) is 5.32 Å². The molecule has 0 aliphatic carbocycles. The molecule has 0 saturated carbocycles. The smallest absolute Gasteiger partial charge is 0.335 e. The van der Waals surface area contributed by atoms with Gasteiger partial charge in [-0.3, -0.25) is 0 Å². The fourth-order valence-electron chi connectivity index (χ4n) is 1.51. The average molecular weight is 294 g/mol. The number of urea groups is 1. The zero-order valence-corrected chi connectivity index (χ0v) is 12.1. The van der Waals surface area contributed by atoms with Gasteiger partial charge in [-0.1, -0.05) is 6.08 Å². The molecule has 6 heteroatoms. The first kappa shape index (κ1) is 16.1. The second kappa shape index (κ2) is 8.27. The van der Waals surface area contributed by atoms with Crippen LogP contribution in [0.3, 0.4) is 0 Å². The molecular weight excluding hydrogens is 276 g/mol. The van der Waals surface area contributed by atoms with E-state index in [1.165, 1.54) is 12.1 Å². The Labute approximate surface area is 122 Å². The molecule has 5 nitrogen and oxygen atoms in total. The molecule has 0 heterocycles. The van der Waals surface area contributed by atoms with Crippen molar-refractivity contribution in [3.8, 4) is 0 Å². The summed E-state index contributed by atoms with van der Waals surface area (Å²) in [6, 6.07) is 4.28. The molecular formula is C14H18N2O3S. The third-order valence-corrected chi connectivity index (χ3v) is 3.45. The van der Waals surface area contributed by atoms with Crippen LogP contribution in [0, 0.1) is 6.92 Å². The SMILES string of the molecule is C=CCSCCNC(=O)Nc1ccc(C(=O)O)cc1C. The molecule has 1 rings (SSSR count). The van der Waals surface area contributed by atoms with Crippen LogP contribution in [0.5, 0.6) is 0 Å². The number of nitrogens with one attached hydrogen (secondary N) is 2. The van der Waals surface area contributed by atoms with E-state index in [-0.39, 0.29) is 11.6 Å². The lowest BCUT2D eigenvalue weighted by Crippen LogP contribution is -2.30. The number of thioether (sulfide) groups is 1. The summed E-state index contributed by atoms with van der Waals surface area (Å²) in [5.74, 6) is 0.693. The van der Waals surface area contributed by atoms with Crippen LogP contribution in [0.15, 0.2) is 30.9 Å². The van der Waals surface area contributed by atoms with Crippen molar-refractivity contribution >= 4 is 29.4 Å². The maximum Gasteiger partial charge on any atom is 0.335 e. The van der Waals surface area contributed by atoms with E-state index in [0.717, 1.165) is 11.5 Å². The highest BCUT2D eigenvalue weighted by atomic mass is 32.2. The molecule has 1 aromatic carbocycles. The molecule has 0 atom stereocenters. The lowest BCUT2D eigenvalue weighted by atomic mass is 10.1. The molecule has 1 aromatic rings. The van der Waals surface area contributed by atoms with Crippen LogP contribution in [-0.2, 0) is 0 Å². The van der Waals surface area contributed by atoms with Gasteiger partial charge in [0.1, 0.15) is 0 Å². The monoisotopic (exact) mass is 294 g/mol. The fraction of sp³-hybridized carbons (Fsp3) is 0.286. The Hall–Kier alpha value is -1.95. The third kappa shape index (κ3) is 5.36. The van der Waals surface area contributed by atoms with Crippen molar-refractivity contribution < 1.29 is 14.7 Å². The Kier molecular flexibility index (Phi) is 6.66. The summed E-state index contributed by atoms with van der Waals surface area (Å²) in [6.45, 7) is 5.93. The largest absolute Gasteiger partial charge is 0.478 e. The van der Waals surface area contributed by atoms with Gasteiger partial charge in [0.25, 0.3) is 0 Å². The van der Waals surface area contributed by atoms with Crippen molar-refractivity contribution in [2.75, 3.05) is 23.4 Å². The number of benzene rings is 1. The van der Waals surface area contributed by atoms with E-state index in [1.807, 2.05) is 6.08 Å². The summed E-state index contributed by atoms with van der Waals surface area (Å²) in [5.41, 5.74) is 1.52. The van der Waals surface area contributed by atoms with E-state index in [1.54, 1.807) is 24.8 Å². The topological polar surface area (TPSA) is 78.4 Å². The van der Waals surface area contributed by atoms with Crippen molar-refractivity contribution in [3.63, 3.8) is 0 Å². The van der Waals surface area contributed by atoms with Crippen molar-refractivity contribution in [1.29, 1.82) is 0 Å². The highest BCUT2D eigenvalue weighted by molar-refractivity contribution is 7.99. The van der Waals surface area contributed by atoms with E-state index >= 15 is 0 Å². The number of carbonyl (C=O) groups excluding carboxylic acids is 1. The normalized spacial score (nSPS) is 9.85. The summed E-state index contributed by atoms with van der Waals surface area (Å²) in [5, 5.41) is 14.3. The Morgan fingerprint density at radius 1 is 1.45 bits per heavy atom. The van der Waals surface area contributed by atoms with Gasteiger partial charge in [0.2, 0.25) is 0 Å². The molecule has 3 N–H and O–H groups in total. The van der Waals surface area contributed by atoms with Gasteiger partial charge in [-0.05, 0) is 30.7 Å². The van der Waals surface area contributed by atoms with Crippen molar-refractivity contribution in [2.24, 2.45) is 0 Å². The van der Waals surface area contributed by atoms with Gasteiger partial charge >= 0.3 is 12.0 Å². The number of rotatable bonds is 7. The zero-order chi connectivity index (χ0) is 15.0. The maximum absolute atomic E-state index is 11.6. The number of carboxylic acids is 1. The minimum atomic E-state index is -0.983. The summed E-state index contributed by atoms with van der Waals surface area (Å²) in [4.78, 5) is 22.5. The number of amides is 2. The van der Waals surface area contributed by atoms with Gasteiger partial charge in [0.05, 0.1) is 5.56 Å². The van der Waals surface area contributed by atoms with Crippen LogP contribution in [0.4, 0.5) is 10.5 Å². The quantitative estimate of drug-likeness (QED) is 0.534. The summed E-state index contributed by atoms with van der Waals surface area (Å²) in [7, 11) is 0. The molecule has 0 saturated heterocycles. The van der Waals surface area contributed by atoms with E-state index in [9.17, 15) is 9.59 Å². The van der Waals surface area contributed by atoms with E-state index in [4.69, 9.17) is 5.11 Å². The number of hydrogen-bond donors (Lipinski definition) is 3. The van der Waals surface area contributed by atoms with Gasteiger partial charge in [-0.25, -0.2) is 9.59 Å². The van der Waals surface area contributed by atoms with Gasteiger partial charge < -0.3 is 15.7 Å². The van der Waals surface area contributed by atoms with Crippen molar-refractivity contribution in [2.45, 2.75) is 6.92 Å². The first-order valence-electron chi connectivity index (χ1n) is 6.12. The third-order valence-electron chi connectivity index (χ3n) is 2.49. The molecule has 0 radical (unpaired) electrons. The first-order valence-corrected chi connectivity index (χ1v) is 7.27. The van der Waals surface area contributed by atoms with Crippen LogP contribution < -0.4 is 10.6 Å². The molecule has 2 amide bonds. The average Bonchev–Trinajstić information content (AvgIpc) is 2.40. The summed E-state index contributed by atoms with van der Waals surface area (Å²) >= 11 is 1.68. The molecule has 0 aliphatic rings. The minimum absolute atomic E-state index is 0.203. The number of carbonyl (C=O) groups is 2. The number of aromatic carboxylic acids is 1. The lowest BCUT2D eigenvalue weighted by molar-refractivity contribution is 0.0697. The number of hydrogen-bond acceptors (Lipinski definition) is 3. The number of aryl methyl sites for hydroxylation is 1. The highest BCUT2D eigenvalue weighted by Gasteiger charge is 2.07. The van der Waals surface area contributed by atoms with Gasteiger partial charge in [-0.15, -0.1) is 6.58 Å². The Morgan fingerprint density at radius 3 is 2.80 bits per heavy atom. The predicted octanol–water partition coefficient (Wildman–Crippen LogP) is 2.73. The molecule has 0 aliphatic heterocycles. The molecule has 0 unspecified atom stereocenters. The van der Waals surface area contributed by atoms with Crippen LogP contribution >= 0.6 is 11.8 Å². The number of carboxylic acid groups (broad SMARTS) is 1. The zero-order valence-electron chi connectivity index (χ0n) is 11.3. The van der Waals surface area contributed by atoms with Crippen molar-refractivity contribution in [3.05, 3.63) is 42.0 Å². The Bertz CT molecular complexity index is 503. The van der Waals surface area contributed by atoms with Gasteiger partial charge in [-0.2, -0.15) is 11.8 Å². The predicted molar refractivity (Wildman–Crippen MR) is 82.7 cm³/mol. The lowest BCUT2D eigenvalue weighted by Gasteiger charge is -2.10. The molecule has 108 valence electrons. The first-order chi connectivity index (χ1) is 9.54. The maximum atomic E-state index is 11.6. The number of anilines is 1. The van der Waals surface area contributed by atoms with E-state index in [2.05, 4.69) is 17.2 Å².